The summed E-state index contributed by atoms with van der Waals surface area (Å²) < 4.78 is 10.4. The van der Waals surface area contributed by atoms with Crippen LogP contribution in [0.5, 0.6) is 0 Å². The lowest BCUT2D eigenvalue weighted by molar-refractivity contribution is 0.0523. The molecule has 9 heavy (non-hydrogen) atoms. The van der Waals surface area contributed by atoms with Gasteiger partial charge in [-0.2, -0.15) is 0 Å². The lowest BCUT2D eigenvalue weighted by atomic mass is 10.3. The summed E-state index contributed by atoms with van der Waals surface area (Å²) in [7, 11) is 0. The fourth-order valence-corrected chi connectivity index (χ4v) is 0.554. The van der Waals surface area contributed by atoms with Crippen LogP contribution in [-0.2, 0) is 9.47 Å². The quantitative estimate of drug-likeness (QED) is 0.533. The molecule has 0 N–H and O–H groups in total. The number of epoxide rings is 1. The predicted octanol–water partition coefficient (Wildman–Crippen LogP) is 1.20. The normalized spacial score (nSPS) is 28.0. The van der Waals surface area contributed by atoms with Crippen molar-refractivity contribution in [3.63, 3.8) is 0 Å². The summed E-state index contributed by atoms with van der Waals surface area (Å²) in [6, 6.07) is 0. The van der Waals surface area contributed by atoms with Gasteiger partial charge in [-0.05, 0) is 13.3 Å². The summed E-state index contributed by atoms with van der Waals surface area (Å²) in [5, 5.41) is 0. The molecule has 1 rings (SSSR count). The van der Waals surface area contributed by atoms with E-state index in [2.05, 4.69) is 13.8 Å². The first-order valence-corrected chi connectivity index (χ1v) is 3.56. The molecule has 2 atom stereocenters. The number of hydrogen-bond donors (Lipinski definition) is 0. The molecule has 0 bridgehead atoms. The van der Waals surface area contributed by atoms with Crippen LogP contribution in [0.4, 0.5) is 0 Å². The smallest absolute Gasteiger partial charge is 0.104 e. The lowest BCUT2D eigenvalue weighted by Crippen LogP contribution is -2.10. The van der Waals surface area contributed by atoms with Crippen molar-refractivity contribution in [2.45, 2.75) is 32.5 Å². The fourth-order valence-electron chi connectivity index (χ4n) is 0.554. The molecule has 0 amide bonds. The minimum absolute atomic E-state index is 0.397. The van der Waals surface area contributed by atoms with E-state index in [0.717, 1.165) is 19.6 Å². The average molecular weight is 130 g/mol. The van der Waals surface area contributed by atoms with Gasteiger partial charge in [0, 0.05) is 0 Å². The molecule has 1 saturated heterocycles. The van der Waals surface area contributed by atoms with Crippen LogP contribution in [0, 0.1) is 0 Å². The maximum Gasteiger partial charge on any atom is 0.104 e. The van der Waals surface area contributed by atoms with Crippen molar-refractivity contribution in [3.8, 4) is 0 Å². The highest BCUT2D eigenvalue weighted by molar-refractivity contribution is 4.67. The first-order valence-electron chi connectivity index (χ1n) is 3.56. The van der Waals surface area contributed by atoms with E-state index in [4.69, 9.17) is 9.47 Å². The molecule has 1 aliphatic heterocycles. The fraction of sp³-hybridized carbons (Fsp3) is 1.00. The Hall–Kier alpha value is -0.0800. The molecule has 2 unspecified atom stereocenters. The molecule has 2 heteroatoms. The highest BCUT2D eigenvalue weighted by atomic mass is 16.6. The first-order chi connectivity index (χ1) is 4.33. The van der Waals surface area contributed by atoms with E-state index < -0.39 is 0 Å². The van der Waals surface area contributed by atoms with Gasteiger partial charge in [-0.1, -0.05) is 6.92 Å². The average Bonchev–Trinajstić information content (AvgIpc) is 2.65. The van der Waals surface area contributed by atoms with Gasteiger partial charge in [-0.3, -0.25) is 0 Å². The second kappa shape index (κ2) is 3.18. The molecule has 0 aliphatic carbocycles. The Morgan fingerprint density at radius 3 is 2.89 bits per heavy atom. The molecule has 0 aromatic carbocycles. The summed E-state index contributed by atoms with van der Waals surface area (Å²) in [4.78, 5) is 0. The SMILES string of the molecule is CCC(C)OCC1CO1. The molecule has 0 radical (unpaired) electrons. The maximum absolute atomic E-state index is 5.39. The molecular weight excluding hydrogens is 116 g/mol. The van der Waals surface area contributed by atoms with Crippen LogP contribution in [0.1, 0.15) is 20.3 Å². The zero-order valence-electron chi connectivity index (χ0n) is 6.09. The van der Waals surface area contributed by atoms with Crippen LogP contribution < -0.4 is 0 Å². The van der Waals surface area contributed by atoms with E-state index >= 15 is 0 Å². The van der Waals surface area contributed by atoms with Crippen LogP contribution >= 0.6 is 0 Å². The summed E-state index contributed by atoms with van der Waals surface area (Å²) >= 11 is 0. The third-order valence-electron chi connectivity index (χ3n) is 1.54. The van der Waals surface area contributed by atoms with Gasteiger partial charge >= 0.3 is 0 Å². The van der Waals surface area contributed by atoms with E-state index in [9.17, 15) is 0 Å². The zero-order valence-corrected chi connectivity index (χ0v) is 6.09. The zero-order chi connectivity index (χ0) is 6.69. The minimum atomic E-state index is 0.397. The van der Waals surface area contributed by atoms with Crippen molar-refractivity contribution in [2.24, 2.45) is 0 Å². The summed E-state index contributed by atoms with van der Waals surface area (Å²) in [6.07, 6.45) is 1.90. The van der Waals surface area contributed by atoms with Crippen LogP contribution in [0.15, 0.2) is 0 Å². The van der Waals surface area contributed by atoms with E-state index in [1.165, 1.54) is 0 Å². The van der Waals surface area contributed by atoms with Crippen LogP contribution in [0.2, 0.25) is 0 Å². The minimum Gasteiger partial charge on any atom is -0.376 e. The summed E-state index contributed by atoms with van der Waals surface area (Å²) in [5.41, 5.74) is 0. The standard InChI is InChI=1S/C7H14O2/c1-3-6(2)8-4-7-5-9-7/h6-7H,3-5H2,1-2H3. The van der Waals surface area contributed by atoms with Crippen molar-refractivity contribution in [3.05, 3.63) is 0 Å². The summed E-state index contributed by atoms with van der Waals surface area (Å²) in [6.45, 7) is 5.90. The molecule has 0 aromatic rings. The van der Waals surface area contributed by atoms with Gasteiger partial charge < -0.3 is 9.47 Å². The van der Waals surface area contributed by atoms with Crippen molar-refractivity contribution in [1.29, 1.82) is 0 Å². The third-order valence-corrected chi connectivity index (χ3v) is 1.54. The summed E-state index contributed by atoms with van der Waals surface area (Å²) in [5.74, 6) is 0. The predicted molar refractivity (Wildman–Crippen MR) is 35.4 cm³/mol. The van der Waals surface area contributed by atoms with Crippen LogP contribution in [0.25, 0.3) is 0 Å². The van der Waals surface area contributed by atoms with E-state index in [0.29, 0.717) is 12.2 Å². The van der Waals surface area contributed by atoms with E-state index in [1.54, 1.807) is 0 Å². The molecule has 1 fully saturated rings. The Bertz CT molecular complexity index is 79.0. The number of rotatable bonds is 4. The lowest BCUT2D eigenvalue weighted by Gasteiger charge is -2.07. The Kier molecular flexibility index (Phi) is 2.49. The Morgan fingerprint density at radius 1 is 1.78 bits per heavy atom. The molecule has 0 spiro atoms. The topological polar surface area (TPSA) is 21.8 Å². The van der Waals surface area contributed by atoms with Crippen LogP contribution in [0.3, 0.4) is 0 Å². The number of hydrogen-bond acceptors (Lipinski definition) is 2. The first kappa shape index (κ1) is 7.03. The molecule has 1 heterocycles. The highest BCUT2D eigenvalue weighted by Gasteiger charge is 2.22. The molecule has 0 saturated carbocycles. The molecular formula is C7H14O2. The van der Waals surface area contributed by atoms with Gasteiger partial charge in [0.2, 0.25) is 0 Å². The number of ether oxygens (including phenoxy) is 2. The van der Waals surface area contributed by atoms with Crippen molar-refractivity contribution >= 4 is 0 Å². The second-order valence-electron chi connectivity index (χ2n) is 2.51. The molecule has 54 valence electrons. The monoisotopic (exact) mass is 130 g/mol. The van der Waals surface area contributed by atoms with Gasteiger partial charge in [0.1, 0.15) is 6.10 Å². The van der Waals surface area contributed by atoms with Gasteiger partial charge in [-0.15, -0.1) is 0 Å². The van der Waals surface area contributed by atoms with Crippen LogP contribution in [-0.4, -0.2) is 25.4 Å². The maximum atomic E-state index is 5.39. The van der Waals surface area contributed by atoms with Gasteiger partial charge in [0.15, 0.2) is 0 Å². The van der Waals surface area contributed by atoms with Crippen molar-refractivity contribution < 1.29 is 9.47 Å². The molecule has 0 aromatic heterocycles. The second-order valence-corrected chi connectivity index (χ2v) is 2.51. The van der Waals surface area contributed by atoms with Gasteiger partial charge in [-0.25, -0.2) is 0 Å². The molecule has 1 aliphatic rings. The van der Waals surface area contributed by atoms with Crippen molar-refractivity contribution in [1.82, 2.24) is 0 Å². The molecule has 2 nitrogen and oxygen atoms in total. The highest BCUT2D eigenvalue weighted by Crippen LogP contribution is 2.10. The van der Waals surface area contributed by atoms with E-state index in [1.807, 2.05) is 0 Å². The van der Waals surface area contributed by atoms with Crippen molar-refractivity contribution in [2.75, 3.05) is 13.2 Å². The largest absolute Gasteiger partial charge is 0.376 e. The van der Waals surface area contributed by atoms with Gasteiger partial charge in [0.25, 0.3) is 0 Å². The Balaban J connectivity index is 1.90. The Labute approximate surface area is 56.2 Å². The van der Waals surface area contributed by atoms with Gasteiger partial charge in [0.05, 0.1) is 19.3 Å². The third kappa shape index (κ3) is 2.82. The van der Waals surface area contributed by atoms with E-state index in [-0.39, 0.29) is 0 Å². The Morgan fingerprint density at radius 2 is 2.44 bits per heavy atom.